The molecule has 0 aliphatic carbocycles. The van der Waals surface area contributed by atoms with Crippen LogP contribution in [-0.4, -0.2) is 44.3 Å². The van der Waals surface area contributed by atoms with E-state index < -0.39 is 26.4 Å². The van der Waals surface area contributed by atoms with E-state index in [1.807, 2.05) is 20.8 Å². The maximum Gasteiger partial charge on any atom is 0.428 e. The monoisotopic (exact) mass is 383 g/mol. The van der Waals surface area contributed by atoms with E-state index in [0.717, 1.165) is 32.2 Å². The van der Waals surface area contributed by atoms with Crippen molar-refractivity contribution in [3.05, 3.63) is 0 Å². The molecule has 1 aliphatic rings. The van der Waals surface area contributed by atoms with Crippen LogP contribution in [0.1, 0.15) is 73.6 Å². The van der Waals surface area contributed by atoms with Gasteiger partial charge in [-0.05, 0) is 46.6 Å². The van der Waals surface area contributed by atoms with Crippen molar-refractivity contribution >= 4 is 8.72 Å². The molecular weight excluding hydrogens is 347 g/mol. The summed E-state index contributed by atoms with van der Waals surface area (Å²) >= 11 is 0. The zero-order valence-electron chi connectivity index (χ0n) is 16.7. The van der Waals surface area contributed by atoms with Gasteiger partial charge in [0.2, 0.25) is 0 Å². The molecule has 3 nitrogen and oxygen atoms in total. The van der Waals surface area contributed by atoms with Crippen molar-refractivity contribution in [2.45, 2.75) is 97.5 Å². The molecule has 0 N–H and O–H groups in total. The zero-order chi connectivity index (χ0) is 19.3. The Bertz CT molecular complexity index is 401. The van der Waals surface area contributed by atoms with Crippen LogP contribution in [0.3, 0.4) is 0 Å². The van der Waals surface area contributed by atoms with Gasteiger partial charge < -0.3 is 8.85 Å². The number of rotatable bonds is 8. The average molecular weight is 384 g/mol. The maximum absolute atomic E-state index is 13.0. The number of alkyl halides is 3. The van der Waals surface area contributed by atoms with E-state index in [9.17, 15) is 13.2 Å². The third-order valence-corrected chi connectivity index (χ3v) is 8.83. The van der Waals surface area contributed by atoms with Crippen molar-refractivity contribution < 1.29 is 22.0 Å². The summed E-state index contributed by atoms with van der Waals surface area (Å²) in [4.78, 5) is 0. The highest BCUT2D eigenvalue weighted by Crippen LogP contribution is 2.35. The third-order valence-electron chi connectivity index (χ3n) is 4.69. The molecule has 0 amide bonds. The van der Waals surface area contributed by atoms with Gasteiger partial charge in [-0.3, -0.25) is 4.57 Å². The van der Waals surface area contributed by atoms with Crippen molar-refractivity contribution in [3.63, 3.8) is 0 Å². The van der Waals surface area contributed by atoms with Gasteiger partial charge in [0.15, 0.2) is 0 Å². The molecular formula is C18H36F3NO2Si. The van der Waals surface area contributed by atoms with Crippen LogP contribution in [0.5, 0.6) is 0 Å². The summed E-state index contributed by atoms with van der Waals surface area (Å²) in [6.45, 7) is 11.8. The summed E-state index contributed by atoms with van der Waals surface area (Å²) in [5.74, 6) is -1.48. The van der Waals surface area contributed by atoms with E-state index in [1.54, 1.807) is 0 Å². The molecule has 1 rings (SSSR count). The van der Waals surface area contributed by atoms with Gasteiger partial charge in [0.25, 0.3) is 0 Å². The molecule has 0 aromatic rings. The van der Waals surface area contributed by atoms with Crippen LogP contribution in [-0.2, 0) is 8.85 Å². The van der Waals surface area contributed by atoms with Gasteiger partial charge in [-0.25, -0.2) is 0 Å². The molecule has 1 heterocycles. The Kier molecular flexibility index (Phi) is 8.43. The van der Waals surface area contributed by atoms with Crippen LogP contribution in [0, 0.1) is 5.92 Å². The van der Waals surface area contributed by atoms with E-state index in [1.165, 1.54) is 13.3 Å². The number of piperidine rings is 1. The largest absolute Gasteiger partial charge is 0.428 e. The molecule has 1 fully saturated rings. The summed E-state index contributed by atoms with van der Waals surface area (Å²) in [7, 11) is -2.92. The fourth-order valence-corrected chi connectivity index (χ4v) is 7.80. The topological polar surface area (TPSA) is 21.7 Å². The second-order valence-corrected chi connectivity index (χ2v) is 11.2. The Morgan fingerprint density at radius 2 is 1.80 bits per heavy atom. The highest BCUT2D eigenvalue weighted by molar-refractivity contribution is 6.64. The minimum atomic E-state index is -4.24. The molecule has 0 saturated carbocycles. The van der Waals surface area contributed by atoms with Crippen LogP contribution >= 0.6 is 0 Å². The lowest BCUT2D eigenvalue weighted by molar-refractivity contribution is -0.179. The first-order valence-corrected chi connectivity index (χ1v) is 11.6. The van der Waals surface area contributed by atoms with Crippen molar-refractivity contribution in [3.8, 4) is 0 Å². The van der Waals surface area contributed by atoms with Crippen LogP contribution in [0.25, 0.3) is 0 Å². The average Bonchev–Trinajstić information content (AvgIpc) is 2.50. The van der Waals surface area contributed by atoms with E-state index in [-0.39, 0.29) is 6.61 Å². The lowest BCUT2D eigenvalue weighted by atomic mass is 10.0. The molecule has 0 aromatic heterocycles. The van der Waals surface area contributed by atoms with Gasteiger partial charge in [0, 0.05) is 18.7 Å². The highest BCUT2D eigenvalue weighted by atomic mass is 28.4. The molecule has 0 bridgehead atoms. The summed E-state index contributed by atoms with van der Waals surface area (Å²) in [6, 6.07) is 1.04. The molecule has 1 aliphatic heterocycles. The minimum Gasteiger partial charge on any atom is -0.382 e. The maximum atomic E-state index is 13.0. The van der Waals surface area contributed by atoms with Crippen LogP contribution in [0.4, 0.5) is 13.2 Å². The van der Waals surface area contributed by atoms with E-state index in [2.05, 4.69) is 18.4 Å². The van der Waals surface area contributed by atoms with E-state index in [4.69, 9.17) is 8.85 Å². The Morgan fingerprint density at radius 3 is 2.28 bits per heavy atom. The van der Waals surface area contributed by atoms with Crippen molar-refractivity contribution in [1.82, 2.24) is 4.57 Å². The fourth-order valence-electron chi connectivity index (χ4n) is 3.46. The quantitative estimate of drug-likeness (QED) is 0.507. The first kappa shape index (κ1) is 22.9. The lowest BCUT2D eigenvalue weighted by Gasteiger charge is -2.49. The molecule has 3 unspecified atom stereocenters. The first-order chi connectivity index (χ1) is 11.4. The standard InChI is InChI=1S/C18H36F3NO2Si/c1-7-13-25(24-17(4,5)6,23-14-15(3)18(19,20)21)22-12-10-9-11-16(22)8-2/h15-16H,7-14H2,1-6H3. The highest BCUT2D eigenvalue weighted by Gasteiger charge is 2.51. The van der Waals surface area contributed by atoms with E-state index >= 15 is 0 Å². The smallest absolute Gasteiger partial charge is 0.382 e. The number of halogens is 3. The number of hydrogen-bond acceptors (Lipinski definition) is 3. The molecule has 150 valence electrons. The van der Waals surface area contributed by atoms with Crippen molar-refractivity contribution in [2.75, 3.05) is 13.2 Å². The van der Waals surface area contributed by atoms with Gasteiger partial charge in [-0.2, -0.15) is 13.2 Å². The summed E-state index contributed by atoms with van der Waals surface area (Å²) < 4.78 is 54.0. The number of nitrogens with zero attached hydrogens (tertiary/aromatic N) is 1. The fraction of sp³-hybridized carbons (Fsp3) is 1.00. The van der Waals surface area contributed by atoms with Crippen LogP contribution < -0.4 is 0 Å². The van der Waals surface area contributed by atoms with Crippen molar-refractivity contribution in [1.29, 1.82) is 0 Å². The molecule has 0 aromatic carbocycles. The minimum absolute atomic E-state index is 0.321. The predicted molar refractivity (Wildman–Crippen MR) is 97.5 cm³/mol. The Morgan fingerprint density at radius 1 is 1.16 bits per heavy atom. The van der Waals surface area contributed by atoms with E-state index in [0.29, 0.717) is 12.1 Å². The molecule has 0 spiro atoms. The first-order valence-electron chi connectivity index (χ1n) is 9.62. The summed E-state index contributed by atoms with van der Waals surface area (Å²) in [5.41, 5.74) is -0.446. The summed E-state index contributed by atoms with van der Waals surface area (Å²) in [5, 5.41) is 0. The summed E-state index contributed by atoms with van der Waals surface area (Å²) in [6.07, 6.45) is 0.876. The molecule has 25 heavy (non-hydrogen) atoms. The van der Waals surface area contributed by atoms with Crippen LogP contribution in [0.15, 0.2) is 0 Å². The molecule has 7 heteroatoms. The van der Waals surface area contributed by atoms with Gasteiger partial charge in [-0.1, -0.05) is 33.6 Å². The van der Waals surface area contributed by atoms with Gasteiger partial charge >= 0.3 is 14.9 Å². The number of hydrogen-bond donors (Lipinski definition) is 0. The zero-order valence-corrected chi connectivity index (χ0v) is 17.7. The second-order valence-electron chi connectivity index (χ2n) is 8.18. The predicted octanol–water partition coefficient (Wildman–Crippen LogP) is 5.63. The third kappa shape index (κ3) is 6.84. The van der Waals surface area contributed by atoms with Gasteiger partial charge in [0.05, 0.1) is 11.5 Å². The molecule has 1 saturated heterocycles. The van der Waals surface area contributed by atoms with Gasteiger partial charge in [0.1, 0.15) is 0 Å². The van der Waals surface area contributed by atoms with Crippen molar-refractivity contribution in [2.24, 2.45) is 5.92 Å². The Hall–Kier alpha value is -0.113. The van der Waals surface area contributed by atoms with Crippen LogP contribution in [0.2, 0.25) is 6.04 Å². The SMILES string of the molecule is CCC[Si](OCC(C)C(F)(F)F)(OC(C)(C)C)N1CCCCC1CC. The van der Waals surface area contributed by atoms with Gasteiger partial charge in [-0.15, -0.1) is 0 Å². The Labute approximate surface area is 152 Å². The molecule has 0 radical (unpaired) electrons. The lowest BCUT2D eigenvalue weighted by Crippen LogP contribution is -2.65. The normalized spacial score (nSPS) is 24.1. The Balaban J connectivity index is 3.12. The second kappa shape index (κ2) is 9.20. The molecule has 3 atom stereocenters.